The average molecular weight is 180 g/mol. The Morgan fingerprint density at radius 2 is 2.38 bits per heavy atom. The number of aryl methyl sites for hydroxylation is 1. The predicted molar refractivity (Wildman–Crippen MR) is 47.2 cm³/mol. The third-order valence-corrected chi connectivity index (χ3v) is 2.41. The molecule has 0 bridgehead atoms. The van der Waals surface area contributed by atoms with Crippen molar-refractivity contribution in [2.45, 2.75) is 26.7 Å². The molecule has 13 heavy (non-hydrogen) atoms. The molecular formula is C9H12N2O2. The molecular weight excluding hydrogens is 168 g/mol. The van der Waals surface area contributed by atoms with Gasteiger partial charge < -0.3 is 4.52 Å². The SMILES string of the molecule is Cc1cc(NC(=O)C2(C)CC2)on1. The first-order chi connectivity index (χ1) is 6.10. The van der Waals surface area contributed by atoms with E-state index in [-0.39, 0.29) is 11.3 Å². The van der Waals surface area contributed by atoms with Crippen LogP contribution in [-0.2, 0) is 4.79 Å². The monoisotopic (exact) mass is 180 g/mol. The largest absolute Gasteiger partial charge is 0.338 e. The zero-order valence-corrected chi connectivity index (χ0v) is 7.76. The van der Waals surface area contributed by atoms with Crippen molar-refractivity contribution in [1.29, 1.82) is 0 Å². The smallest absolute Gasteiger partial charge is 0.232 e. The van der Waals surface area contributed by atoms with E-state index in [1.54, 1.807) is 6.07 Å². The second-order valence-corrected chi connectivity index (χ2v) is 3.85. The minimum Gasteiger partial charge on any atom is -0.338 e. The normalized spacial score (nSPS) is 18.3. The summed E-state index contributed by atoms with van der Waals surface area (Å²) in [6.07, 6.45) is 1.93. The van der Waals surface area contributed by atoms with Gasteiger partial charge in [0.05, 0.1) is 5.69 Å². The third-order valence-electron chi connectivity index (χ3n) is 2.41. The zero-order chi connectivity index (χ0) is 9.47. The van der Waals surface area contributed by atoms with Crippen LogP contribution in [0.25, 0.3) is 0 Å². The van der Waals surface area contributed by atoms with Crippen LogP contribution in [-0.4, -0.2) is 11.1 Å². The lowest BCUT2D eigenvalue weighted by Gasteiger charge is -2.05. The molecule has 1 heterocycles. The molecule has 1 N–H and O–H groups in total. The molecule has 0 spiro atoms. The van der Waals surface area contributed by atoms with E-state index in [0.29, 0.717) is 5.88 Å². The number of aromatic nitrogens is 1. The highest BCUT2D eigenvalue weighted by Crippen LogP contribution is 2.45. The summed E-state index contributed by atoms with van der Waals surface area (Å²) < 4.78 is 4.88. The molecule has 0 atom stereocenters. The molecule has 1 aliphatic rings. The van der Waals surface area contributed by atoms with E-state index in [1.807, 2.05) is 13.8 Å². The Morgan fingerprint density at radius 3 is 2.85 bits per heavy atom. The van der Waals surface area contributed by atoms with E-state index >= 15 is 0 Å². The number of carbonyl (C=O) groups is 1. The highest BCUT2D eigenvalue weighted by atomic mass is 16.5. The molecule has 0 radical (unpaired) electrons. The van der Waals surface area contributed by atoms with Gasteiger partial charge in [-0.15, -0.1) is 0 Å². The van der Waals surface area contributed by atoms with Gasteiger partial charge in [0.2, 0.25) is 11.8 Å². The number of carbonyl (C=O) groups excluding carboxylic acids is 1. The fourth-order valence-corrected chi connectivity index (χ4v) is 1.10. The van der Waals surface area contributed by atoms with Crippen molar-refractivity contribution in [2.75, 3.05) is 5.32 Å². The first-order valence-corrected chi connectivity index (χ1v) is 4.35. The molecule has 0 aromatic carbocycles. The van der Waals surface area contributed by atoms with Crippen molar-refractivity contribution in [3.8, 4) is 0 Å². The summed E-state index contributed by atoms with van der Waals surface area (Å²) >= 11 is 0. The molecule has 4 heteroatoms. The second kappa shape index (κ2) is 2.58. The Hall–Kier alpha value is -1.32. The molecule has 1 aromatic rings. The van der Waals surface area contributed by atoms with Crippen LogP contribution in [0.1, 0.15) is 25.5 Å². The van der Waals surface area contributed by atoms with Crippen LogP contribution in [0.3, 0.4) is 0 Å². The predicted octanol–water partition coefficient (Wildman–Crippen LogP) is 1.72. The van der Waals surface area contributed by atoms with E-state index in [4.69, 9.17) is 4.52 Å². The summed E-state index contributed by atoms with van der Waals surface area (Å²) in [5, 5.41) is 6.38. The number of anilines is 1. The number of nitrogens with zero attached hydrogens (tertiary/aromatic N) is 1. The molecule has 2 rings (SSSR count). The first kappa shape index (κ1) is 8.29. The van der Waals surface area contributed by atoms with Crippen LogP contribution in [0, 0.1) is 12.3 Å². The van der Waals surface area contributed by atoms with Crippen LogP contribution >= 0.6 is 0 Å². The summed E-state index contributed by atoms with van der Waals surface area (Å²) in [5.74, 6) is 0.472. The first-order valence-electron chi connectivity index (χ1n) is 4.35. The maximum absolute atomic E-state index is 11.5. The summed E-state index contributed by atoms with van der Waals surface area (Å²) in [6, 6.07) is 1.71. The standard InChI is InChI=1S/C9H12N2O2/c1-6-5-7(13-11-6)10-8(12)9(2)3-4-9/h5H,3-4H2,1-2H3,(H,10,12). The van der Waals surface area contributed by atoms with Crippen LogP contribution in [0.15, 0.2) is 10.6 Å². The molecule has 0 unspecified atom stereocenters. The summed E-state index contributed by atoms with van der Waals surface area (Å²) in [6.45, 7) is 3.77. The molecule has 0 saturated heterocycles. The molecule has 70 valence electrons. The van der Waals surface area contributed by atoms with Crippen LogP contribution in [0.5, 0.6) is 0 Å². The van der Waals surface area contributed by atoms with Crippen molar-refractivity contribution in [3.63, 3.8) is 0 Å². The van der Waals surface area contributed by atoms with Gasteiger partial charge in [-0.3, -0.25) is 10.1 Å². The van der Waals surface area contributed by atoms with Crippen molar-refractivity contribution < 1.29 is 9.32 Å². The van der Waals surface area contributed by atoms with Crippen molar-refractivity contribution in [1.82, 2.24) is 5.16 Å². The second-order valence-electron chi connectivity index (χ2n) is 3.85. The minimum absolute atomic E-state index is 0.0312. The number of hydrogen-bond acceptors (Lipinski definition) is 3. The zero-order valence-electron chi connectivity index (χ0n) is 7.76. The van der Waals surface area contributed by atoms with E-state index in [0.717, 1.165) is 18.5 Å². The number of rotatable bonds is 2. The molecule has 1 aromatic heterocycles. The van der Waals surface area contributed by atoms with Crippen molar-refractivity contribution in [3.05, 3.63) is 11.8 Å². The maximum Gasteiger partial charge on any atom is 0.232 e. The van der Waals surface area contributed by atoms with E-state index in [2.05, 4.69) is 10.5 Å². The van der Waals surface area contributed by atoms with Gasteiger partial charge in [0.15, 0.2) is 0 Å². The lowest BCUT2D eigenvalue weighted by molar-refractivity contribution is -0.120. The van der Waals surface area contributed by atoms with E-state index in [1.165, 1.54) is 0 Å². The highest BCUT2D eigenvalue weighted by molar-refractivity contribution is 5.95. The molecule has 1 amide bonds. The van der Waals surface area contributed by atoms with Gasteiger partial charge in [0.25, 0.3) is 0 Å². The summed E-state index contributed by atoms with van der Waals surface area (Å²) in [7, 11) is 0. The quantitative estimate of drug-likeness (QED) is 0.753. The summed E-state index contributed by atoms with van der Waals surface area (Å²) in [5.41, 5.74) is 0.608. The van der Waals surface area contributed by atoms with Gasteiger partial charge in [0, 0.05) is 11.5 Å². The average Bonchev–Trinajstić information content (AvgIpc) is 2.69. The van der Waals surface area contributed by atoms with Gasteiger partial charge in [-0.2, -0.15) is 0 Å². The highest BCUT2D eigenvalue weighted by Gasteiger charge is 2.45. The molecule has 1 saturated carbocycles. The fourth-order valence-electron chi connectivity index (χ4n) is 1.10. The Labute approximate surface area is 76.3 Å². The number of amides is 1. The maximum atomic E-state index is 11.5. The van der Waals surface area contributed by atoms with Gasteiger partial charge in [0.1, 0.15) is 0 Å². The molecule has 1 fully saturated rings. The fraction of sp³-hybridized carbons (Fsp3) is 0.556. The number of hydrogen-bond donors (Lipinski definition) is 1. The minimum atomic E-state index is -0.166. The Balaban J connectivity index is 2.02. The Kier molecular flexibility index (Phi) is 1.65. The van der Waals surface area contributed by atoms with Gasteiger partial charge in [-0.1, -0.05) is 12.1 Å². The Bertz CT molecular complexity index is 339. The lowest BCUT2D eigenvalue weighted by atomic mass is 10.1. The van der Waals surface area contributed by atoms with Crippen LogP contribution in [0.2, 0.25) is 0 Å². The van der Waals surface area contributed by atoms with Gasteiger partial charge in [-0.05, 0) is 19.8 Å². The topological polar surface area (TPSA) is 55.1 Å². The molecule has 0 aliphatic heterocycles. The van der Waals surface area contributed by atoms with Crippen molar-refractivity contribution in [2.24, 2.45) is 5.41 Å². The van der Waals surface area contributed by atoms with Gasteiger partial charge >= 0.3 is 0 Å². The van der Waals surface area contributed by atoms with E-state index < -0.39 is 0 Å². The molecule has 4 nitrogen and oxygen atoms in total. The molecule has 1 aliphatic carbocycles. The van der Waals surface area contributed by atoms with Crippen LogP contribution < -0.4 is 5.32 Å². The number of nitrogens with one attached hydrogen (secondary N) is 1. The van der Waals surface area contributed by atoms with Gasteiger partial charge in [-0.25, -0.2) is 0 Å². The van der Waals surface area contributed by atoms with Crippen LogP contribution in [0.4, 0.5) is 5.88 Å². The lowest BCUT2D eigenvalue weighted by Crippen LogP contribution is -2.20. The van der Waals surface area contributed by atoms with E-state index in [9.17, 15) is 4.79 Å². The third kappa shape index (κ3) is 1.56. The summed E-state index contributed by atoms with van der Waals surface area (Å²) in [4.78, 5) is 11.5. The Morgan fingerprint density at radius 1 is 1.69 bits per heavy atom. The van der Waals surface area contributed by atoms with Crippen molar-refractivity contribution >= 4 is 11.8 Å².